The molecule has 2 aromatic rings. The van der Waals surface area contributed by atoms with Gasteiger partial charge in [-0.3, -0.25) is 4.68 Å². The van der Waals surface area contributed by atoms with E-state index in [0.717, 1.165) is 22.7 Å². The first-order valence-corrected chi connectivity index (χ1v) is 8.38. The van der Waals surface area contributed by atoms with E-state index in [2.05, 4.69) is 15.7 Å². The number of ether oxygens (including phenoxy) is 2. The number of hydrogen-bond acceptors (Lipinski definition) is 4. The summed E-state index contributed by atoms with van der Waals surface area (Å²) in [6.07, 6.45) is -0.210. The SMILES string of the molecule is Cc1nn(C)c(C)c1[C@@H](C)NC(=O)NC[C@@H]1COc2ccccc2O1. The highest BCUT2D eigenvalue weighted by atomic mass is 16.6. The van der Waals surface area contributed by atoms with Gasteiger partial charge in [-0.1, -0.05) is 12.1 Å². The fraction of sp³-hybridized carbons (Fsp3) is 0.444. The molecule has 0 saturated heterocycles. The van der Waals surface area contributed by atoms with Crippen molar-refractivity contribution in [2.75, 3.05) is 13.2 Å². The first-order chi connectivity index (χ1) is 12.0. The van der Waals surface area contributed by atoms with Gasteiger partial charge in [-0.25, -0.2) is 4.79 Å². The molecular weight excluding hydrogens is 320 g/mol. The molecule has 3 rings (SSSR count). The van der Waals surface area contributed by atoms with Crippen LogP contribution in [0.3, 0.4) is 0 Å². The van der Waals surface area contributed by atoms with E-state index in [0.29, 0.717) is 18.9 Å². The summed E-state index contributed by atoms with van der Waals surface area (Å²) < 4.78 is 13.3. The van der Waals surface area contributed by atoms with Gasteiger partial charge in [0.15, 0.2) is 17.6 Å². The number of amides is 2. The van der Waals surface area contributed by atoms with Gasteiger partial charge >= 0.3 is 6.03 Å². The van der Waals surface area contributed by atoms with Gasteiger partial charge in [0.05, 0.1) is 18.3 Å². The predicted octanol–water partition coefficient (Wildman–Crippen LogP) is 2.24. The fourth-order valence-corrected chi connectivity index (χ4v) is 3.11. The molecular formula is C18H24N4O3. The molecule has 1 aliphatic rings. The highest BCUT2D eigenvalue weighted by molar-refractivity contribution is 5.74. The summed E-state index contributed by atoms with van der Waals surface area (Å²) >= 11 is 0. The quantitative estimate of drug-likeness (QED) is 0.892. The second-order valence-corrected chi connectivity index (χ2v) is 6.28. The molecule has 0 spiro atoms. The Morgan fingerprint density at radius 1 is 1.36 bits per heavy atom. The van der Waals surface area contributed by atoms with Crippen molar-refractivity contribution in [1.29, 1.82) is 0 Å². The molecule has 7 heteroatoms. The van der Waals surface area contributed by atoms with E-state index >= 15 is 0 Å². The van der Waals surface area contributed by atoms with Crippen molar-refractivity contribution >= 4 is 6.03 Å². The number of benzene rings is 1. The molecule has 25 heavy (non-hydrogen) atoms. The second kappa shape index (κ2) is 7.04. The van der Waals surface area contributed by atoms with E-state index in [9.17, 15) is 4.79 Å². The number of hydrogen-bond donors (Lipinski definition) is 2. The smallest absolute Gasteiger partial charge is 0.315 e. The van der Waals surface area contributed by atoms with Gasteiger partial charge in [0.2, 0.25) is 0 Å². The number of urea groups is 1. The Morgan fingerprint density at radius 3 is 2.76 bits per heavy atom. The van der Waals surface area contributed by atoms with Gasteiger partial charge in [0.1, 0.15) is 6.61 Å². The van der Waals surface area contributed by atoms with Crippen LogP contribution in [0.5, 0.6) is 11.5 Å². The molecule has 0 radical (unpaired) electrons. The van der Waals surface area contributed by atoms with Crippen molar-refractivity contribution in [3.05, 3.63) is 41.2 Å². The topological polar surface area (TPSA) is 77.4 Å². The van der Waals surface area contributed by atoms with Crippen molar-refractivity contribution < 1.29 is 14.3 Å². The molecule has 2 N–H and O–H groups in total. The summed E-state index contributed by atoms with van der Waals surface area (Å²) in [5, 5.41) is 10.2. The van der Waals surface area contributed by atoms with Crippen LogP contribution in [-0.4, -0.2) is 35.1 Å². The number of rotatable bonds is 4. The zero-order chi connectivity index (χ0) is 18.0. The number of aromatic nitrogens is 2. The molecule has 0 aliphatic carbocycles. The third kappa shape index (κ3) is 3.70. The maximum Gasteiger partial charge on any atom is 0.315 e. The Labute approximate surface area is 147 Å². The summed E-state index contributed by atoms with van der Waals surface area (Å²) in [5.74, 6) is 1.44. The first kappa shape index (κ1) is 17.1. The van der Waals surface area contributed by atoms with E-state index in [1.165, 1.54) is 0 Å². The average Bonchev–Trinajstić information content (AvgIpc) is 2.85. The summed E-state index contributed by atoms with van der Waals surface area (Å²) in [4.78, 5) is 12.2. The average molecular weight is 344 g/mol. The van der Waals surface area contributed by atoms with E-state index in [1.807, 2.05) is 56.8 Å². The molecule has 1 aliphatic heterocycles. The van der Waals surface area contributed by atoms with Crippen LogP contribution < -0.4 is 20.1 Å². The van der Waals surface area contributed by atoms with Crippen LogP contribution in [0.4, 0.5) is 4.79 Å². The normalized spacial score (nSPS) is 17.0. The molecule has 2 heterocycles. The molecule has 0 saturated carbocycles. The Morgan fingerprint density at radius 2 is 2.08 bits per heavy atom. The van der Waals surface area contributed by atoms with Crippen molar-refractivity contribution in [2.24, 2.45) is 7.05 Å². The van der Waals surface area contributed by atoms with E-state index < -0.39 is 0 Å². The Hall–Kier alpha value is -2.70. The van der Waals surface area contributed by atoms with Crippen LogP contribution >= 0.6 is 0 Å². The van der Waals surface area contributed by atoms with Crippen LogP contribution in [0.2, 0.25) is 0 Å². The molecule has 0 unspecified atom stereocenters. The van der Waals surface area contributed by atoms with Crippen molar-refractivity contribution in [2.45, 2.75) is 32.9 Å². The highest BCUT2D eigenvalue weighted by Crippen LogP contribution is 2.30. The first-order valence-electron chi connectivity index (χ1n) is 8.38. The van der Waals surface area contributed by atoms with E-state index in [4.69, 9.17) is 9.47 Å². The van der Waals surface area contributed by atoms with Crippen LogP contribution in [0, 0.1) is 13.8 Å². The monoisotopic (exact) mass is 344 g/mol. The summed E-state index contributed by atoms with van der Waals surface area (Å²) in [6.45, 7) is 6.68. The van der Waals surface area contributed by atoms with Crippen molar-refractivity contribution in [1.82, 2.24) is 20.4 Å². The largest absolute Gasteiger partial charge is 0.486 e. The van der Waals surface area contributed by atoms with Crippen LogP contribution in [-0.2, 0) is 7.05 Å². The third-order valence-electron chi connectivity index (χ3n) is 4.40. The molecule has 0 fully saturated rings. The molecule has 7 nitrogen and oxygen atoms in total. The van der Waals surface area contributed by atoms with Gasteiger partial charge in [-0.2, -0.15) is 5.10 Å². The van der Waals surface area contributed by atoms with E-state index in [-0.39, 0.29) is 18.2 Å². The number of aryl methyl sites for hydroxylation is 2. The predicted molar refractivity (Wildman–Crippen MR) is 94.0 cm³/mol. The lowest BCUT2D eigenvalue weighted by Crippen LogP contribution is -2.45. The van der Waals surface area contributed by atoms with Crippen molar-refractivity contribution in [3.63, 3.8) is 0 Å². The maximum absolute atomic E-state index is 12.2. The zero-order valence-corrected chi connectivity index (χ0v) is 15.0. The number of nitrogens with one attached hydrogen (secondary N) is 2. The molecule has 2 amide bonds. The molecule has 1 aromatic carbocycles. The van der Waals surface area contributed by atoms with Gasteiger partial charge in [0.25, 0.3) is 0 Å². The lowest BCUT2D eigenvalue weighted by molar-refractivity contribution is 0.0917. The van der Waals surface area contributed by atoms with E-state index in [1.54, 1.807) is 0 Å². The van der Waals surface area contributed by atoms with Crippen LogP contribution in [0.25, 0.3) is 0 Å². The Balaban J connectivity index is 1.52. The Kier molecular flexibility index (Phi) is 4.83. The van der Waals surface area contributed by atoms with Gasteiger partial charge in [-0.15, -0.1) is 0 Å². The summed E-state index contributed by atoms with van der Waals surface area (Å²) in [5.41, 5.74) is 3.02. The standard InChI is InChI=1S/C18H24N4O3/c1-11(17-12(2)21-22(4)13(17)3)20-18(23)19-9-14-10-24-15-7-5-6-8-16(15)25-14/h5-8,11,14H,9-10H2,1-4H3,(H2,19,20,23)/t11-,14-/m1/s1. The van der Waals surface area contributed by atoms with Crippen LogP contribution in [0.15, 0.2) is 24.3 Å². The molecule has 2 atom stereocenters. The number of para-hydroxylation sites is 2. The third-order valence-corrected chi connectivity index (χ3v) is 4.40. The summed E-state index contributed by atoms with van der Waals surface area (Å²) in [7, 11) is 1.90. The summed E-state index contributed by atoms with van der Waals surface area (Å²) in [6, 6.07) is 7.16. The minimum atomic E-state index is -0.238. The molecule has 134 valence electrons. The highest BCUT2D eigenvalue weighted by Gasteiger charge is 2.22. The lowest BCUT2D eigenvalue weighted by atomic mass is 10.1. The Bertz CT molecular complexity index is 772. The molecule has 0 bridgehead atoms. The minimum absolute atomic E-state index is 0.127. The second-order valence-electron chi connectivity index (χ2n) is 6.28. The zero-order valence-electron chi connectivity index (χ0n) is 15.0. The fourth-order valence-electron chi connectivity index (χ4n) is 3.11. The van der Waals surface area contributed by atoms with Gasteiger partial charge in [-0.05, 0) is 32.9 Å². The number of nitrogens with zero attached hydrogens (tertiary/aromatic N) is 2. The van der Waals surface area contributed by atoms with Gasteiger partial charge < -0.3 is 20.1 Å². The minimum Gasteiger partial charge on any atom is -0.486 e. The maximum atomic E-state index is 12.2. The van der Waals surface area contributed by atoms with Crippen LogP contribution in [0.1, 0.15) is 29.9 Å². The number of carbonyl (C=O) groups excluding carboxylic acids is 1. The van der Waals surface area contributed by atoms with Gasteiger partial charge in [0, 0.05) is 18.3 Å². The number of fused-ring (bicyclic) bond motifs is 1. The lowest BCUT2D eigenvalue weighted by Gasteiger charge is -2.26. The molecule has 1 aromatic heterocycles. The number of carbonyl (C=O) groups is 1. The van der Waals surface area contributed by atoms with Crippen molar-refractivity contribution in [3.8, 4) is 11.5 Å².